The molecule has 10 heavy (non-hydrogen) atoms. The van der Waals surface area contributed by atoms with Crippen LogP contribution in [0.3, 0.4) is 0 Å². The summed E-state index contributed by atoms with van der Waals surface area (Å²) >= 11 is 5.54. The molecule has 0 saturated heterocycles. The molecule has 0 aliphatic carbocycles. The largest absolute Gasteiger partial charge is 0.257 e. The van der Waals surface area contributed by atoms with Crippen molar-refractivity contribution in [3.8, 4) is 0 Å². The molecule has 1 aromatic rings. The van der Waals surface area contributed by atoms with Crippen LogP contribution in [0.15, 0.2) is 12.4 Å². The van der Waals surface area contributed by atoms with Crippen LogP contribution in [0.4, 0.5) is 0 Å². The Balaban J connectivity index is 0.000000371. The highest BCUT2D eigenvalue weighted by Gasteiger charge is 1.90. The maximum atomic E-state index is 5.54. The van der Waals surface area contributed by atoms with E-state index in [0.29, 0.717) is 5.15 Å². The molecule has 0 unspecified atom stereocenters. The monoisotopic (exact) mass is 158 g/mol. The van der Waals surface area contributed by atoms with E-state index in [9.17, 15) is 0 Å². The Hall–Kier alpha value is -0.630. The molecule has 1 aromatic heterocycles. The standard InChI is InChI=1S/C5H5ClN2.C2H6/c1-4-5(6)8-3-2-7-4;1-2/h2-3H,1H3;1-2H3. The number of hydrogen-bond acceptors (Lipinski definition) is 2. The Bertz CT molecular complexity index is 168. The Labute approximate surface area is 66.3 Å². The van der Waals surface area contributed by atoms with Gasteiger partial charge in [0.15, 0.2) is 0 Å². The summed E-state index contributed by atoms with van der Waals surface area (Å²) in [5.74, 6) is 0. The van der Waals surface area contributed by atoms with Crippen molar-refractivity contribution < 1.29 is 0 Å². The van der Waals surface area contributed by atoms with Crippen LogP contribution in [0, 0.1) is 6.92 Å². The van der Waals surface area contributed by atoms with Gasteiger partial charge < -0.3 is 0 Å². The third-order valence-corrected chi connectivity index (χ3v) is 1.19. The lowest BCUT2D eigenvalue weighted by atomic mass is 10.5. The van der Waals surface area contributed by atoms with Crippen molar-refractivity contribution in [3.63, 3.8) is 0 Å². The lowest BCUT2D eigenvalue weighted by Gasteiger charge is -1.89. The van der Waals surface area contributed by atoms with Gasteiger partial charge >= 0.3 is 0 Å². The van der Waals surface area contributed by atoms with E-state index in [1.165, 1.54) is 0 Å². The third-order valence-electron chi connectivity index (χ3n) is 0.821. The highest BCUT2D eigenvalue weighted by molar-refractivity contribution is 6.29. The summed E-state index contributed by atoms with van der Waals surface area (Å²) in [5.41, 5.74) is 0.772. The van der Waals surface area contributed by atoms with Crippen molar-refractivity contribution in [3.05, 3.63) is 23.2 Å². The molecule has 0 aliphatic heterocycles. The molecule has 1 heterocycles. The topological polar surface area (TPSA) is 25.8 Å². The number of aromatic nitrogens is 2. The van der Waals surface area contributed by atoms with Crippen LogP contribution in [0.2, 0.25) is 5.15 Å². The summed E-state index contributed by atoms with van der Waals surface area (Å²) in [4.78, 5) is 7.67. The van der Waals surface area contributed by atoms with Gasteiger partial charge in [-0.3, -0.25) is 4.98 Å². The first-order chi connectivity index (χ1) is 4.80. The quantitative estimate of drug-likeness (QED) is 0.580. The first-order valence-electron chi connectivity index (χ1n) is 3.24. The third kappa shape index (κ3) is 2.78. The second-order valence-electron chi connectivity index (χ2n) is 1.43. The van der Waals surface area contributed by atoms with Crippen molar-refractivity contribution in [1.29, 1.82) is 0 Å². The first-order valence-corrected chi connectivity index (χ1v) is 3.61. The van der Waals surface area contributed by atoms with Crippen molar-refractivity contribution >= 4 is 11.6 Å². The number of aryl methyl sites for hydroxylation is 1. The van der Waals surface area contributed by atoms with E-state index in [2.05, 4.69) is 9.97 Å². The van der Waals surface area contributed by atoms with E-state index in [1.54, 1.807) is 12.4 Å². The molecule has 0 fully saturated rings. The second-order valence-corrected chi connectivity index (χ2v) is 1.79. The van der Waals surface area contributed by atoms with Gasteiger partial charge in [0, 0.05) is 12.4 Å². The fraction of sp³-hybridized carbons (Fsp3) is 0.429. The van der Waals surface area contributed by atoms with Crippen molar-refractivity contribution in [2.45, 2.75) is 20.8 Å². The molecule has 0 atom stereocenters. The lowest BCUT2D eigenvalue weighted by Crippen LogP contribution is -1.82. The zero-order valence-corrected chi connectivity index (χ0v) is 7.18. The molecular formula is C7H11ClN2. The smallest absolute Gasteiger partial charge is 0.150 e. The minimum atomic E-state index is 0.479. The fourth-order valence-corrected chi connectivity index (χ4v) is 0.496. The summed E-state index contributed by atoms with van der Waals surface area (Å²) in [6.45, 7) is 5.81. The van der Waals surface area contributed by atoms with Gasteiger partial charge in [0.1, 0.15) is 5.15 Å². The molecule has 0 radical (unpaired) electrons. The molecule has 1 rings (SSSR count). The van der Waals surface area contributed by atoms with Gasteiger partial charge in [0.25, 0.3) is 0 Å². The minimum absolute atomic E-state index is 0.479. The van der Waals surface area contributed by atoms with E-state index in [1.807, 2.05) is 20.8 Å². The summed E-state index contributed by atoms with van der Waals surface area (Å²) < 4.78 is 0. The van der Waals surface area contributed by atoms with Crippen LogP contribution >= 0.6 is 11.6 Å². The highest BCUT2D eigenvalue weighted by atomic mass is 35.5. The van der Waals surface area contributed by atoms with Gasteiger partial charge in [-0.05, 0) is 6.92 Å². The van der Waals surface area contributed by atoms with Gasteiger partial charge in [0.05, 0.1) is 5.69 Å². The Morgan fingerprint density at radius 3 is 2.00 bits per heavy atom. The second kappa shape index (κ2) is 5.18. The van der Waals surface area contributed by atoms with E-state index < -0.39 is 0 Å². The van der Waals surface area contributed by atoms with Crippen LogP contribution < -0.4 is 0 Å². The van der Waals surface area contributed by atoms with Gasteiger partial charge in [-0.15, -0.1) is 0 Å². The van der Waals surface area contributed by atoms with E-state index in [0.717, 1.165) is 5.69 Å². The van der Waals surface area contributed by atoms with Crippen LogP contribution in [-0.2, 0) is 0 Å². The zero-order chi connectivity index (χ0) is 7.98. The first kappa shape index (κ1) is 9.37. The average molecular weight is 159 g/mol. The Kier molecular flexibility index (Phi) is 4.85. The SMILES string of the molecule is CC.Cc1nccnc1Cl. The summed E-state index contributed by atoms with van der Waals surface area (Å²) in [6.07, 6.45) is 3.18. The summed E-state index contributed by atoms with van der Waals surface area (Å²) in [7, 11) is 0. The average Bonchev–Trinajstić information content (AvgIpc) is 2.00. The van der Waals surface area contributed by atoms with E-state index in [4.69, 9.17) is 11.6 Å². The molecule has 0 aliphatic rings. The molecule has 0 saturated carbocycles. The molecule has 56 valence electrons. The van der Waals surface area contributed by atoms with E-state index >= 15 is 0 Å². The van der Waals surface area contributed by atoms with Gasteiger partial charge in [0.2, 0.25) is 0 Å². The summed E-state index contributed by atoms with van der Waals surface area (Å²) in [6, 6.07) is 0. The predicted molar refractivity (Wildman–Crippen MR) is 43.1 cm³/mol. The lowest BCUT2D eigenvalue weighted by molar-refractivity contribution is 1.12. The number of hydrogen-bond donors (Lipinski definition) is 0. The number of rotatable bonds is 0. The molecule has 3 heteroatoms. The summed E-state index contributed by atoms with van der Waals surface area (Å²) in [5, 5.41) is 0.479. The van der Waals surface area contributed by atoms with Gasteiger partial charge in [-0.25, -0.2) is 4.98 Å². The number of halogens is 1. The number of nitrogens with zero attached hydrogens (tertiary/aromatic N) is 2. The molecule has 0 bridgehead atoms. The zero-order valence-electron chi connectivity index (χ0n) is 6.43. The molecule has 0 spiro atoms. The van der Waals surface area contributed by atoms with Crippen LogP contribution in [-0.4, -0.2) is 9.97 Å². The maximum absolute atomic E-state index is 5.54. The molecule has 0 amide bonds. The predicted octanol–water partition coefficient (Wildman–Crippen LogP) is 2.46. The van der Waals surface area contributed by atoms with Gasteiger partial charge in [-0.1, -0.05) is 25.4 Å². The Morgan fingerprint density at radius 1 is 1.20 bits per heavy atom. The van der Waals surface area contributed by atoms with Crippen LogP contribution in [0.25, 0.3) is 0 Å². The van der Waals surface area contributed by atoms with Crippen LogP contribution in [0.5, 0.6) is 0 Å². The van der Waals surface area contributed by atoms with Crippen LogP contribution in [0.1, 0.15) is 19.5 Å². The Morgan fingerprint density at radius 2 is 1.70 bits per heavy atom. The highest BCUT2D eigenvalue weighted by Crippen LogP contribution is 2.04. The molecule has 0 N–H and O–H groups in total. The van der Waals surface area contributed by atoms with Gasteiger partial charge in [-0.2, -0.15) is 0 Å². The molecule has 2 nitrogen and oxygen atoms in total. The molecular weight excluding hydrogens is 148 g/mol. The maximum Gasteiger partial charge on any atom is 0.150 e. The minimum Gasteiger partial charge on any atom is -0.257 e. The van der Waals surface area contributed by atoms with Crippen molar-refractivity contribution in [2.24, 2.45) is 0 Å². The fourth-order valence-electron chi connectivity index (χ4n) is 0.391. The van der Waals surface area contributed by atoms with Crippen molar-refractivity contribution in [2.75, 3.05) is 0 Å². The van der Waals surface area contributed by atoms with E-state index in [-0.39, 0.29) is 0 Å². The normalized spacial score (nSPS) is 8.00. The van der Waals surface area contributed by atoms with Crippen molar-refractivity contribution in [1.82, 2.24) is 9.97 Å². The molecule has 0 aromatic carbocycles.